The van der Waals surface area contributed by atoms with Crippen LogP contribution in [0.15, 0.2) is 47.4 Å². The van der Waals surface area contributed by atoms with Crippen molar-refractivity contribution in [2.24, 2.45) is 0 Å². The Bertz CT molecular complexity index is 1100. The second-order valence-electron chi connectivity index (χ2n) is 6.61. The molecule has 27 heavy (non-hydrogen) atoms. The lowest BCUT2D eigenvalue weighted by atomic mass is 10.2. The molecule has 7 nitrogen and oxygen atoms in total. The number of hydrogen-bond donors (Lipinski definition) is 2. The number of H-pyrrole nitrogens is 1. The van der Waals surface area contributed by atoms with Crippen LogP contribution in [0, 0.1) is 0 Å². The molecule has 1 aliphatic rings. The minimum Gasteiger partial charge on any atom is -0.370 e. The van der Waals surface area contributed by atoms with Crippen molar-refractivity contribution in [3.63, 3.8) is 0 Å². The van der Waals surface area contributed by atoms with E-state index < -0.39 is 9.84 Å². The van der Waals surface area contributed by atoms with Crippen LogP contribution in [0.4, 0.5) is 5.69 Å². The highest BCUT2D eigenvalue weighted by atomic mass is 32.2. The van der Waals surface area contributed by atoms with E-state index in [2.05, 4.69) is 15.3 Å². The van der Waals surface area contributed by atoms with Gasteiger partial charge in [0.1, 0.15) is 11.9 Å². The second-order valence-corrected chi connectivity index (χ2v) is 8.62. The number of aromatic amines is 1. The Kier molecular flexibility index (Phi) is 4.45. The third kappa shape index (κ3) is 3.72. The Balaban J connectivity index is 1.53. The fraction of sp³-hybridized carbons (Fsp3) is 0.263. The second kappa shape index (κ2) is 6.79. The molecule has 1 aliphatic heterocycles. The fourth-order valence-corrected chi connectivity index (χ4v) is 3.74. The number of nitrogens with zero attached hydrogens (tertiary/aromatic N) is 1. The van der Waals surface area contributed by atoms with Crippen LogP contribution in [-0.2, 0) is 14.6 Å². The van der Waals surface area contributed by atoms with E-state index in [-0.39, 0.29) is 16.9 Å². The Morgan fingerprint density at radius 2 is 2.00 bits per heavy atom. The number of benzene rings is 2. The molecule has 1 atom stereocenters. The number of fused-ring (bicyclic) bond motifs is 1. The molecule has 0 bridgehead atoms. The summed E-state index contributed by atoms with van der Waals surface area (Å²) in [6.45, 7) is 0.751. The van der Waals surface area contributed by atoms with Crippen LogP contribution in [0.1, 0.15) is 35.1 Å². The smallest absolute Gasteiger partial charge is 0.255 e. The zero-order valence-corrected chi connectivity index (χ0v) is 15.5. The van der Waals surface area contributed by atoms with Gasteiger partial charge >= 0.3 is 0 Å². The van der Waals surface area contributed by atoms with Crippen molar-refractivity contribution in [2.45, 2.75) is 23.8 Å². The summed E-state index contributed by atoms with van der Waals surface area (Å²) in [5.41, 5.74) is 2.65. The molecule has 1 saturated heterocycles. The number of ether oxygens (including phenoxy) is 1. The number of carbonyl (C=O) groups is 1. The molecule has 8 heteroatoms. The van der Waals surface area contributed by atoms with Gasteiger partial charge in [-0.1, -0.05) is 0 Å². The molecular formula is C19H19N3O4S. The van der Waals surface area contributed by atoms with E-state index in [0.717, 1.165) is 42.6 Å². The van der Waals surface area contributed by atoms with Crippen molar-refractivity contribution in [1.29, 1.82) is 0 Å². The van der Waals surface area contributed by atoms with E-state index in [1.807, 2.05) is 12.1 Å². The zero-order chi connectivity index (χ0) is 19.0. The minimum atomic E-state index is -3.29. The summed E-state index contributed by atoms with van der Waals surface area (Å²) in [5, 5.41) is 2.82. The van der Waals surface area contributed by atoms with Crippen molar-refractivity contribution in [2.75, 3.05) is 18.2 Å². The average molecular weight is 385 g/mol. The molecule has 0 spiro atoms. The first-order chi connectivity index (χ1) is 12.9. The van der Waals surface area contributed by atoms with Gasteiger partial charge in [0.25, 0.3) is 5.91 Å². The number of hydrogen-bond acceptors (Lipinski definition) is 5. The zero-order valence-electron chi connectivity index (χ0n) is 14.7. The highest BCUT2D eigenvalue weighted by molar-refractivity contribution is 7.90. The monoisotopic (exact) mass is 385 g/mol. The number of sulfone groups is 1. The van der Waals surface area contributed by atoms with E-state index in [1.165, 1.54) is 24.3 Å². The van der Waals surface area contributed by atoms with Crippen molar-refractivity contribution >= 4 is 32.5 Å². The molecule has 1 aromatic heterocycles. The molecule has 2 N–H and O–H groups in total. The normalized spacial score (nSPS) is 17.3. The molecule has 3 aromatic rings. The molecule has 0 saturated carbocycles. The number of amides is 1. The van der Waals surface area contributed by atoms with Crippen molar-refractivity contribution in [1.82, 2.24) is 9.97 Å². The summed E-state index contributed by atoms with van der Waals surface area (Å²) in [4.78, 5) is 20.4. The van der Waals surface area contributed by atoms with E-state index in [4.69, 9.17) is 4.74 Å². The largest absolute Gasteiger partial charge is 0.370 e. The SMILES string of the molecule is CS(=O)(=O)c1ccc(C(=O)Nc2ccc3nc(C4CCCO4)[nH]c3c2)cc1. The molecular weight excluding hydrogens is 366 g/mol. The van der Waals surface area contributed by atoms with Gasteiger partial charge in [0.2, 0.25) is 0 Å². The Morgan fingerprint density at radius 3 is 2.67 bits per heavy atom. The van der Waals surface area contributed by atoms with Crippen LogP contribution in [0.25, 0.3) is 11.0 Å². The summed E-state index contributed by atoms with van der Waals surface area (Å²) in [6, 6.07) is 11.3. The molecule has 4 rings (SSSR count). The molecule has 0 aliphatic carbocycles. The molecule has 1 fully saturated rings. The average Bonchev–Trinajstić information content (AvgIpc) is 3.30. The third-order valence-corrected chi connectivity index (χ3v) is 5.67. The highest BCUT2D eigenvalue weighted by Gasteiger charge is 2.21. The maximum Gasteiger partial charge on any atom is 0.255 e. The van der Waals surface area contributed by atoms with Crippen LogP contribution in [0.3, 0.4) is 0 Å². The van der Waals surface area contributed by atoms with E-state index >= 15 is 0 Å². The van der Waals surface area contributed by atoms with Gasteiger partial charge in [-0.25, -0.2) is 13.4 Å². The van der Waals surface area contributed by atoms with Crippen LogP contribution < -0.4 is 5.32 Å². The van der Waals surface area contributed by atoms with Gasteiger partial charge in [0.05, 0.1) is 15.9 Å². The maximum atomic E-state index is 12.4. The van der Waals surface area contributed by atoms with Gasteiger partial charge in [-0.15, -0.1) is 0 Å². The lowest BCUT2D eigenvalue weighted by molar-refractivity contribution is 0.102. The molecule has 0 radical (unpaired) electrons. The van der Waals surface area contributed by atoms with Gasteiger partial charge < -0.3 is 15.0 Å². The summed E-state index contributed by atoms with van der Waals surface area (Å²) in [6.07, 6.45) is 3.12. The predicted octanol–water partition coefficient (Wildman–Crippen LogP) is 3.07. The van der Waals surface area contributed by atoms with E-state index in [1.54, 1.807) is 6.07 Å². The number of anilines is 1. The predicted molar refractivity (Wildman–Crippen MR) is 102 cm³/mol. The Hall–Kier alpha value is -2.71. The topological polar surface area (TPSA) is 101 Å². The van der Waals surface area contributed by atoms with Crippen LogP contribution >= 0.6 is 0 Å². The molecule has 2 heterocycles. The summed E-state index contributed by atoms with van der Waals surface area (Å²) in [7, 11) is -3.29. The van der Waals surface area contributed by atoms with E-state index in [0.29, 0.717) is 11.3 Å². The first kappa shape index (κ1) is 17.7. The fourth-order valence-electron chi connectivity index (χ4n) is 3.11. The molecule has 1 amide bonds. The summed E-state index contributed by atoms with van der Waals surface area (Å²) in [5.74, 6) is 0.496. The Morgan fingerprint density at radius 1 is 1.22 bits per heavy atom. The molecule has 1 unspecified atom stereocenters. The van der Waals surface area contributed by atoms with Crippen molar-refractivity contribution in [3.8, 4) is 0 Å². The quantitative estimate of drug-likeness (QED) is 0.719. The number of carbonyl (C=O) groups excluding carboxylic acids is 1. The lowest BCUT2D eigenvalue weighted by Crippen LogP contribution is -2.12. The minimum absolute atomic E-state index is 0.00352. The van der Waals surface area contributed by atoms with Crippen LogP contribution in [-0.4, -0.2) is 37.2 Å². The van der Waals surface area contributed by atoms with Gasteiger partial charge in [-0.2, -0.15) is 0 Å². The maximum absolute atomic E-state index is 12.4. The van der Waals surface area contributed by atoms with Gasteiger partial charge in [0, 0.05) is 24.1 Å². The Labute approximate surface area is 156 Å². The summed E-state index contributed by atoms with van der Waals surface area (Å²) >= 11 is 0. The number of nitrogens with one attached hydrogen (secondary N) is 2. The molecule has 2 aromatic carbocycles. The number of aromatic nitrogens is 2. The lowest BCUT2D eigenvalue weighted by Gasteiger charge is -2.06. The molecule has 140 valence electrons. The van der Waals surface area contributed by atoms with Crippen molar-refractivity contribution in [3.05, 3.63) is 53.9 Å². The summed E-state index contributed by atoms with van der Waals surface area (Å²) < 4.78 is 28.7. The van der Waals surface area contributed by atoms with E-state index in [9.17, 15) is 13.2 Å². The van der Waals surface area contributed by atoms with Gasteiger partial charge in [-0.05, 0) is 55.3 Å². The first-order valence-electron chi connectivity index (χ1n) is 8.63. The van der Waals surface area contributed by atoms with Crippen LogP contribution in [0.5, 0.6) is 0 Å². The first-order valence-corrected chi connectivity index (χ1v) is 10.5. The van der Waals surface area contributed by atoms with Crippen LogP contribution in [0.2, 0.25) is 0 Å². The standard InChI is InChI=1S/C19H19N3O4S/c1-27(24,25)14-7-4-12(5-8-14)19(23)20-13-6-9-15-16(11-13)22-18(21-15)17-3-2-10-26-17/h4-9,11,17H,2-3,10H2,1H3,(H,20,23)(H,21,22). The van der Waals surface area contributed by atoms with Crippen molar-refractivity contribution < 1.29 is 17.9 Å². The van der Waals surface area contributed by atoms with Gasteiger partial charge in [0.15, 0.2) is 9.84 Å². The highest BCUT2D eigenvalue weighted by Crippen LogP contribution is 2.28. The number of imidazole rings is 1. The number of rotatable bonds is 4. The van der Waals surface area contributed by atoms with Gasteiger partial charge in [-0.3, -0.25) is 4.79 Å². The third-order valence-electron chi connectivity index (χ3n) is 4.54.